The van der Waals surface area contributed by atoms with E-state index in [-0.39, 0.29) is 23.3 Å². The van der Waals surface area contributed by atoms with Crippen LogP contribution in [0, 0.1) is 0 Å². The number of rotatable bonds is 7. The second-order valence-corrected chi connectivity index (χ2v) is 12.2. The first-order valence-electron chi connectivity index (χ1n) is 8.06. The molecule has 0 amide bonds. The highest BCUT2D eigenvalue weighted by atomic mass is 28.4. The van der Waals surface area contributed by atoms with E-state index >= 15 is 0 Å². The van der Waals surface area contributed by atoms with Gasteiger partial charge in [0.2, 0.25) is 0 Å². The van der Waals surface area contributed by atoms with Crippen molar-refractivity contribution in [2.75, 3.05) is 6.61 Å². The van der Waals surface area contributed by atoms with Crippen LogP contribution in [0.25, 0.3) is 10.4 Å². The molecule has 5 nitrogen and oxygen atoms in total. The van der Waals surface area contributed by atoms with Crippen molar-refractivity contribution in [2.45, 2.75) is 89.8 Å². The van der Waals surface area contributed by atoms with E-state index in [1.165, 1.54) is 0 Å². The Hall–Kier alpha value is -0.553. The van der Waals surface area contributed by atoms with E-state index in [9.17, 15) is 0 Å². The Morgan fingerprint density at radius 1 is 1.29 bits per heavy atom. The molecule has 0 aromatic heterocycles. The monoisotopic (exact) mass is 313 g/mol. The van der Waals surface area contributed by atoms with Crippen molar-refractivity contribution in [3.63, 3.8) is 0 Å². The first kappa shape index (κ1) is 18.5. The second-order valence-electron chi connectivity index (χ2n) is 7.46. The molecule has 1 aliphatic rings. The summed E-state index contributed by atoms with van der Waals surface area (Å²) >= 11 is 0. The predicted octanol–water partition coefficient (Wildman–Crippen LogP) is 5.03. The topological polar surface area (TPSA) is 67.2 Å². The zero-order chi connectivity index (χ0) is 16.1. The van der Waals surface area contributed by atoms with Gasteiger partial charge in [-0.2, -0.15) is 0 Å². The van der Waals surface area contributed by atoms with E-state index in [2.05, 4.69) is 50.8 Å². The fourth-order valence-electron chi connectivity index (χ4n) is 2.33. The van der Waals surface area contributed by atoms with E-state index in [1.54, 1.807) is 0 Å². The third-order valence-electron chi connectivity index (χ3n) is 4.76. The maximum atomic E-state index is 8.78. The second kappa shape index (κ2) is 7.63. The molecule has 0 bridgehead atoms. The molecule has 0 spiro atoms. The summed E-state index contributed by atoms with van der Waals surface area (Å²) in [6.07, 6.45) is 3.96. The zero-order valence-corrected chi connectivity index (χ0v) is 15.4. The van der Waals surface area contributed by atoms with Gasteiger partial charge < -0.3 is 9.16 Å². The molecule has 0 radical (unpaired) electrons. The molecule has 3 atom stereocenters. The average molecular weight is 314 g/mol. The van der Waals surface area contributed by atoms with Crippen LogP contribution in [0.5, 0.6) is 0 Å². The number of hydrogen-bond donors (Lipinski definition) is 0. The van der Waals surface area contributed by atoms with Gasteiger partial charge in [0, 0.05) is 11.5 Å². The lowest BCUT2D eigenvalue weighted by atomic mass is 10.2. The van der Waals surface area contributed by atoms with Crippen LogP contribution in [0.15, 0.2) is 5.11 Å². The number of azide groups is 1. The van der Waals surface area contributed by atoms with Crippen molar-refractivity contribution in [2.24, 2.45) is 5.11 Å². The van der Waals surface area contributed by atoms with Crippen LogP contribution >= 0.6 is 0 Å². The fraction of sp³-hybridized carbons (Fsp3) is 1.00. The summed E-state index contributed by atoms with van der Waals surface area (Å²) < 4.78 is 12.5. The minimum atomic E-state index is -1.89. The molecule has 0 aromatic rings. The van der Waals surface area contributed by atoms with E-state index in [1.807, 2.05) is 0 Å². The lowest BCUT2D eigenvalue weighted by Crippen LogP contribution is -2.48. The zero-order valence-electron chi connectivity index (χ0n) is 14.4. The Kier molecular flexibility index (Phi) is 6.72. The lowest BCUT2D eigenvalue weighted by molar-refractivity contribution is -0.0179. The minimum Gasteiger partial charge on any atom is -0.411 e. The Bertz CT molecular complexity index is 376. The van der Waals surface area contributed by atoms with Gasteiger partial charge >= 0.3 is 0 Å². The molecule has 1 aliphatic carbocycles. The predicted molar refractivity (Wildman–Crippen MR) is 88.9 cm³/mol. The van der Waals surface area contributed by atoms with Gasteiger partial charge in [0.1, 0.15) is 0 Å². The van der Waals surface area contributed by atoms with Gasteiger partial charge in [-0.3, -0.25) is 0 Å². The van der Waals surface area contributed by atoms with Gasteiger partial charge in [-0.15, -0.1) is 0 Å². The molecule has 0 N–H and O–H groups in total. The molecule has 1 saturated carbocycles. The lowest BCUT2D eigenvalue weighted by Gasteiger charge is -2.40. The third-order valence-corrected chi connectivity index (χ3v) is 9.23. The molecule has 1 fully saturated rings. The Morgan fingerprint density at radius 3 is 2.48 bits per heavy atom. The van der Waals surface area contributed by atoms with Crippen molar-refractivity contribution in [1.29, 1.82) is 0 Å². The Labute approximate surface area is 130 Å². The molecule has 6 heteroatoms. The SMILES string of the molecule is CCCCO[C@H]1CC[C@@H](N=[N+]=[N-])C1O[Si](C)(C)C(C)(C)C. The number of hydrogen-bond acceptors (Lipinski definition) is 3. The first-order chi connectivity index (χ1) is 9.73. The summed E-state index contributed by atoms with van der Waals surface area (Å²) in [4.78, 5) is 3.00. The standard InChI is InChI=1S/C15H31N3O2Si/c1-7-8-11-19-13-10-9-12(17-18-16)14(13)20-21(5,6)15(2,3)4/h12-14H,7-11H2,1-6H3/t12-,13+,14?/m1/s1. The molecule has 0 heterocycles. The van der Waals surface area contributed by atoms with Crippen LogP contribution < -0.4 is 0 Å². The maximum Gasteiger partial charge on any atom is 0.192 e. The van der Waals surface area contributed by atoms with Crippen molar-refractivity contribution in [3.05, 3.63) is 10.4 Å². The average Bonchev–Trinajstić information content (AvgIpc) is 2.72. The quantitative estimate of drug-likeness (QED) is 0.217. The molecule has 0 aromatic carbocycles. The minimum absolute atomic E-state index is 0.0705. The van der Waals surface area contributed by atoms with Gasteiger partial charge in [0.05, 0.1) is 18.2 Å². The summed E-state index contributed by atoms with van der Waals surface area (Å²) in [7, 11) is -1.89. The van der Waals surface area contributed by atoms with Crippen LogP contribution in [-0.4, -0.2) is 33.2 Å². The maximum absolute atomic E-state index is 8.78. The summed E-state index contributed by atoms with van der Waals surface area (Å²) in [5.41, 5.74) is 8.78. The van der Waals surface area contributed by atoms with Gasteiger partial charge in [-0.25, -0.2) is 0 Å². The van der Waals surface area contributed by atoms with Crippen molar-refractivity contribution < 1.29 is 9.16 Å². The molecule has 0 saturated heterocycles. The summed E-state index contributed by atoms with van der Waals surface area (Å²) in [5.74, 6) is 0. The number of nitrogens with zero attached hydrogens (tertiary/aromatic N) is 3. The Balaban J connectivity index is 2.80. The molecule has 122 valence electrons. The Morgan fingerprint density at radius 2 is 1.95 bits per heavy atom. The van der Waals surface area contributed by atoms with E-state index in [0.29, 0.717) is 0 Å². The molecular weight excluding hydrogens is 282 g/mol. The fourth-order valence-corrected chi connectivity index (χ4v) is 3.67. The largest absolute Gasteiger partial charge is 0.411 e. The van der Waals surface area contributed by atoms with Gasteiger partial charge in [0.15, 0.2) is 8.32 Å². The van der Waals surface area contributed by atoms with E-state index < -0.39 is 8.32 Å². The van der Waals surface area contributed by atoms with Gasteiger partial charge in [-0.05, 0) is 42.9 Å². The first-order valence-corrected chi connectivity index (χ1v) is 11.0. The normalized spacial score (nSPS) is 26.7. The summed E-state index contributed by atoms with van der Waals surface area (Å²) in [5, 5.41) is 4.09. The van der Waals surface area contributed by atoms with Crippen LogP contribution in [0.3, 0.4) is 0 Å². The summed E-state index contributed by atoms with van der Waals surface area (Å²) in [6.45, 7) is 14.1. The molecule has 1 rings (SSSR count). The number of ether oxygens (including phenoxy) is 1. The molecular formula is C15H31N3O2Si. The van der Waals surface area contributed by atoms with E-state index in [0.717, 1.165) is 32.3 Å². The van der Waals surface area contributed by atoms with Gasteiger partial charge in [-0.1, -0.05) is 39.2 Å². The highest BCUT2D eigenvalue weighted by Gasteiger charge is 2.45. The molecule has 0 aliphatic heterocycles. The van der Waals surface area contributed by atoms with Crippen molar-refractivity contribution in [1.82, 2.24) is 0 Å². The van der Waals surface area contributed by atoms with Crippen LogP contribution in [0.2, 0.25) is 18.1 Å². The van der Waals surface area contributed by atoms with Crippen molar-refractivity contribution in [3.8, 4) is 0 Å². The summed E-state index contributed by atoms with van der Waals surface area (Å²) in [6, 6.07) is -0.0873. The van der Waals surface area contributed by atoms with Crippen molar-refractivity contribution >= 4 is 8.32 Å². The molecule has 21 heavy (non-hydrogen) atoms. The van der Waals surface area contributed by atoms with Crippen LogP contribution in [0.4, 0.5) is 0 Å². The van der Waals surface area contributed by atoms with Crippen LogP contribution in [-0.2, 0) is 9.16 Å². The van der Waals surface area contributed by atoms with Gasteiger partial charge in [0.25, 0.3) is 0 Å². The number of unbranched alkanes of at least 4 members (excludes halogenated alkanes) is 1. The molecule has 1 unspecified atom stereocenters. The smallest absolute Gasteiger partial charge is 0.192 e. The third kappa shape index (κ3) is 4.99. The highest BCUT2D eigenvalue weighted by molar-refractivity contribution is 6.74. The van der Waals surface area contributed by atoms with E-state index in [4.69, 9.17) is 14.7 Å². The highest BCUT2D eigenvalue weighted by Crippen LogP contribution is 2.40. The van der Waals surface area contributed by atoms with Crippen LogP contribution in [0.1, 0.15) is 53.4 Å².